The van der Waals surface area contributed by atoms with Crippen molar-refractivity contribution in [1.82, 2.24) is 15.5 Å². The minimum atomic E-state index is -3.17. The summed E-state index contributed by atoms with van der Waals surface area (Å²) in [4.78, 5) is 6.78. The number of nitrogens with zero attached hydrogens (tertiary/aromatic N) is 2. The lowest BCUT2D eigenvalue weighted by Gasteiger charge is -2.35. The van der Waals surface area contributed by atoms with Gasteiger partial charge in [0.1, 0.15) is 5.75 Å². The van der Waals surface area contributed by atoms with E-state index in [0.717, 1.165) is 18.8 Å². The Labute approximate surface area is 205 Å². The first-order valence-electron chi connectivity index (χ1n) is 10.7. The van der Waals surface area contributed by atoms with Crippen LogP contribution in [0, 0.1) is 0 Å². The molecule has 1 aromatic rings. The molecule has 1 aliphatic rings. The van der Waals surface area contributed by atoms with E-state index >= 15 is 0 Å². The second-order valence-electron chi connectivity index (χ2n) is 8.70. The monoisotopic (exact) mass is 566 g/mol. The molecular formula is C22H39IN4O3S. The highest BCUT2D eigenvalue weighted by Gasteiger charge is 2.28. The van der Waals surface area contributed by atoms with Crippen LogP contribution in [-0.4, -0.2) is 70.1 Å². The van der Waals surface area contributed by atoms with Gasteiger partial charge in [0.05, 0.1) is 23.7 Å². The summed E-state index contributed by atoms with van der Waals surface area (Å²) in [7, 11) is 0.215. The Morgan fingerprint density at radius 3 is 2.26 bits per heavy atom. The van der Waals surface area contributed by atoms with Crippen molar-refractivity contribution >= 4 is 39.8 Å². The highest BCUT2D eigenvalue weighted by molar-refractivity contribution is 14.0. The molecule has 0 bridgehead atoms. The summed E-state index contributed by atoms with van der Waals surface area (Å²) >= 11 is 0. The molecular weight excluding hydrogens is 527 g/mol. The quantitative estimate of drug-likeness (QED) is 0.286. The van der Waals surface area contributed by atoms with Crippen LogP contribution in [0.2, 0.25) is 0 Å². The molecule has 1 saturated heterocycles. The molecule has 0 amide bonds. The summed E-state index contributed by atoms with van der Waals surface area (Å²) in [5.74, 6) is 1.54. The molecule has 1 aromatic carbocycles. The first-order chi connectivity index (χ1) is 14.2. The number of sulfone groups is 1. The number of hydrogen-bond acceptors (Lipinski definition) is 5. The van der Waals surface area contributed by atoms with Gasteiger partial charge in [0.25, 0.3) is 0 Å². The summed E-state index contributed by atoms with van der Waals surface area (Å²) in [6.45, 7) is 8.37. The third-order valence-corrected chi connectivity index (χ3v) is 8.22. The van der Waals surface area contributed by atoms with Gasteiger partial charge >= 0.3 is 0 Å². The zero-order valence-corrected chi connectivity index (χ0v) is 22.6. The normalized spacial score (nSPS) is 16.9. The summed E-state index contributed by atoms with van der Waals surface area (Å²) in [6, 6.07) is 8.44. The van der Waals surface area contributed by atoms with Gasteiger partial charge in [0, 0.05) is 20.1 Å². The molecule has 178 valence electrons. The van der Waals surface area contributed by atoms with E-state index in [4.69, 9.17) is 4.74 Å². The predicted octanol–water partition coefficient (Wildman–Crippen LogP) is 3.22. The summed E-state index contributed by atoms with van der Waals surface area (Å²) in [5.41, 5.74) is 1.23. The van der Waals surface area contributed by atoms with Crippen molar-refractivity contribution in [2.24, 2.45) is 4.99 Å². The molecule has 1 aliphatic heterocycles. The number of piperidine rings is 1. The van der Waals surface area contributed by atoms with E-state index in [-0.39, 0.29) is 35.8 Å². The van der Waals surface area contributed by atoms with Gasteiger partial charge in [-0.05, 0) is 64.4 Å². The minimum absolute atomic E-state index is 0. The molecule has 0 radical (unpaired) electrons. The van der Waals surface area contributed by atoms with Crippen molar-refractivity contribution in [2.45, 2.75) is 50.8 Å². The van der Waals surface area contributed by atoms with Gasteiger partial charge in [0.2, 0.25) is 0 Å². The van der Waals surface area contributed by atoms with E-state index in [1.165, 1.54) is 24.8 Å². The molecule has 9 heteroatoms. The maximum Gasteiger partial charge on any atom is 0.191 e. The maximum atomic E-state index is 12.3. The topological polar surface area (TPSA) is 83.0 Å². The Bertz CT molecular complexity index is 786. The molecule has 31 heavy (non-hydrogen) atoms. The number of hydrogen-bond donors (Lipinski definition) is 2. The van der Waals surface area contributed by atoms with Gasteiger partial charge in [-0.1, -0.05) is 18.6 Å². The highest BCUT2D eigenvalue weighted by Crippen LogP contribution is 2.25. The SMILES string of the molecule is CN=C(NCCS(=O)(=O)C(C)(C)C)NCC(c1ccc(OC)cc1)N1CCCCC1.I. The number of benzene rings is 1. The number of aliphatic imine (C=N–C) groups is 1. The maximum absolute atomic E-state index is 12.3. The highest BCUT2D eigenvalue weighted by atomic mass is 127. The number of rotatable bonds is 8. The van der Waals surface area contributed by atoms with Gasteiger partial charge in [-0.25, -0.2) is 8.42 Å². The molecule has 2 rings (SSSR count). The lowest BCUT2D eigenvalue weighted by molar-refractivity contribution is 0.164. The van der Waals surface area contributed by atoms with Crippen molar-refractivity contribution in [3.63, 3.8) is 0 Å². The average Bonchev–Trinajstić information content (AvgIpc) is 2.73. The zero-order valence-electron chi connectivity index (χ0n) is 19.5. The van der Waals surface area contributed by atoms with E-state index in [1.54, 1.807) is 34.9 Å². The van der Waals surface area contributed by atoms with Crippen LogP contribution in [0.15, 0.2) is 29.3 Å². The molecule has 0 spiro atoms. The number of halogens is 1. The number of guanidine groups is 1. The fourth-order valence-electron chi connectivity index (χ4n) is 3.54. The van der Waals surface area contributed by atoms with Crippen LogP contribution >= 0.6 is 24.0 Å². The Balaban J connectivity index is 0.00000480. The van der Waals surface area contributed by atoms with Crippen LogP contribution in [-0.2, 0) is 9.84 Å². The van der Waals surface area contributed by atoms with Crippen molar-refractivity contribution in [3.05, 3.63) is 29.8 Å². The van der Waals surface area contributed by atoms with Gasteiger partial charge in [0.15, 0.2) is 15.8 Å². The van der Waals surface area contributed by atoms with Gasteiger partial charge in [-0.2, -0.15) is 0 Å². The molecule has 0 saturated carbocycles. The first kappa shape index (κ1) is 28.0. The van der Waals surface area contributed by atoms with Gasteiger partial charge in [-0.3, -0.25) is 9.89 Å². The molecule has 2 N–H and O–H groups in total. The molecule has 7 nitrogen and oxygen atoms in total. The number of methoxy groups -OCH3 is 1. The Morgan fingerprint density at radius 1 is 1.13 bits per heavy atom. The van der Waals surface area contributed by atoms with Crippen molar-refractivity contribution in [1.29, 1.82) is 0 Å². The molecule has 0 aromatic heterocycles. The van der Waals surface area contributed by atoms with E-state index < -0.39 is 14.6 Å². The van der Waals surface area contributed by atoms with Crippen molar-refractivity contribution in [2.75, 3.05) is 46.1 Å². The summed E-state index contributed by atoms with van der Waals surface area (Å²) in [5, 5.41) is 6.54. The molecule has 1 heterocycles. The molecule has 1 unspecified atom stereocenters. The molecule has 1 fully saturated rings. The van der Waals surface area contributed by atoms with Crippen LogP contribution in [0.25, 0.3) is 0 Å². The standard InChI is InChI=1S/C22H38N4O3S.HI/c1-22(2,3)30(27,28)16-13-24-21(23-4)25-17-20(26-14-7-6-8-15-26)18-9-11-19(29-5)12-10-18;/h9-12,20H,6-8,13-17H2,1-5H3,(H2,23,24,25);1H. The van der Waals surface area contributed by atoms with Crippen LogP contribution in [0.1, 0.15) is 51.6 Å². The fraction of sp³-hybridized carbons (Fsp3) is 0.682. The summed E-state index contributed by atoms with van der Waals surface area (Å²) < 4.78 is 29.2. The van der Waals surface area contributed by atoms with Crippen LogP contribution in [0.3, 0.4) is 0 Å². The van der Waals surface area contributed by atoms with E-state index in [1.807, 2.05) is 12.1 Å². The number of nitrogens with one attached hydrogen (secondary N) is 2. The second kappa shape index (κ2) is 12.8. The predicted molar refractivity (Wildman–Crippen MR) is 139 cm³/mol. The first-order valence-corrected chi connectivity index (χ1v) is 12.4. The third kappa shape index (κ3) is 8.42. The molecule has 1 atom stereocenters. The lowest BCUT2D eigenvalue weighted by Crippen LogP contribution is -2.46. The lowest BCUT2D eigenvalue weighted by atomic mass is 10.0. The largest absolute Gasteiger partial charge is 0.497 e. The zero-order chi connectivity index (χ0) is 22.2. The van der Waals surface area contributed by atoms with Crippen LogP contribution < -0.4 is 15.4 Å². The van der Waals surface area contributed by atoms with Gasteiger partial charge < -0.3 is 15.4 Å². The number of likely N-dealkylation sites (tertiary alicyclic amines) is 1. The Hall–Kier alpha value is -1.07. The van der Waals surface area contributed by atoms with E-state index in [9.17, 15) is 8.42 Å². The van der Waals surface area contributed by atoms with Crippen LogP contribution in [0.4, 0.5) is 0 Å². The van der Waals surface area contributed by atoms with Crippen molar-refractivity contribution < 1.29 is 13.2 Å². The van der Waals surface area contributed by atoms with Gasteiger partial charge in [-0.15, -0.1) is 24.0 Å². The fourth-order valence-corrected chi connectivity index (χ4v) is 4.52. The van der Waals surface area contributed by atoms with Crippen LogP contribution in [0.5, 0.6) is 5.75 Å². The molecule has 0 aliphatic carbocycles. The number of ether oxygens (including phenoxy) is 1. The third-order valence-electron chi connectivity index (χ3n) is 5.61. The Kier molecular flexibility index (Phi) is 11.6. The average molecular weight is 567 g/mol. The van der Waals surface area contributed by atoms with E-state index in [2.05, 4.69) is 32.7 Å². The summed E-state index contributed by atoms with van der Waals surface area (Å²) in [6.07, 6.45) is 3.71. The smallest absolute Gasteiger partial charge is 0.191 e. The van der Waals surface area contributed by atoms with Crippen molar-refractivity contribution in [3.8, 4) is 5.75 Å². The minimum Gasteiger partial charge on any atom is -0.497 e. The Morgan fingerprint density at radius 2 is 1.74 bits per heavy atom. The van der Waals surface area contributed by atoms with E-state index in [0.29, 0.717) is 19.0 Å². The second-order valence-corrected chi connectivity index (χ2v) is 11.6.